The number of nitrogens with zero attached hydrogens (tertiary/aromatic N) is 2. The van der Waals surface area contributed by atoms with Crippen molar-refractivity contribution in [3.8, 4) is 0 Å². The van der Waals surface area contributed by atoms with Crippen molar-refractivity contribution < 1.29 is 9.90 Å². The van der Waals surface area contributed by atoms with E-state index in [1.807, 2.05) is 44.3 Å². The second kappa shape index (κ2) is 7.98. The van der Waals surface area contributed by atoms with Crippen molar-refractivity contribution in [1.29, 1.82) is 0 Å². The van der Waals surface area contributed by atoms with Crippen LogP contribution in [0.2, 0.25) is 0 Å². The van der Waals surface area contributed by atoms with Crippen LogP contribution in [0.4, 0.5) is 0 Å². The van der Waals surface area contributed by atoms with Gasteiger partial charge in [-0.15, -0.1) is 0 Å². The van der Waals surface area contributed by atoms with E-state index in [0.29, 0.717) is 26.1 Å². The quantitative estimate of drug-likeness (QED) is 0.837. The van der Waals surface area contributed by atoms with Crippen molar-refractivity contribution in [2.24, 2.45) is 0 Å². The van der Waals surface area contributed by atoms with Crippen molar-refractivity contribution in [2.75, 3.05) is 13.1 Å². The lowest BCUT2D eigenvalue weighted by Crippen LogP contribution is -2.57. The summed E-state index contributed by atoms with van der Waals surface area (Å²) in [6.07, 6.45) is 4.89. The van der Waals surface area contributed by atoms with Gasteiger partial charge in [0.15, 0.2) is 5.60 Å². The van der Waals surface area contributed by atoms with E-state index >= 15 is 0 Å². The Bertz CT molecular complexity index is 777. The third-order valence-electron chi connectivity index (χ3n) is 5.03. The van der Waals surface area contributed by atoms with Crippen LogP contribution in [-0.2, 0) is 17.9 Å². The summed E-state index contributed by atoms with van der Waals surface area (Å²) < 4.78 is 0. The van der Waals surface area contributed by atoms with Crippen LogP contribution >= 0.6 is 0 Å². The number of hydrogen-bond acceptors (Lipinski definition) is 4. The van der Waals surface area contributed by atoms with Crippen LogP contribution in [0.5, 0.6) is 0 Å². The van der Waals surface area contributed by atoms with Crippen molar-refractivity contribution in [3.63, 3.8) is 0 Å². The minimum Gasteiger partial charge on any atom is -0.379 e. The Morgan fingerprint density at radius 1 is 1.31 bits per heavy atom. The van der Waals surface area contributed by atoms with E-state index in [0.717, 1.165) is 23.1 Å². The summed E-state index contributed by atoms with van der Waals surface area (Å²) in [5, 5.41) is 14.2. The van der Waals surface area contributed by atoms with E-state index in [1.54, 1.807) is 11.1 Å². The molecule has 138 valence electrons. The molecule has 0 unspecified atom stereocenters. The number of amides is 1. The molecule has 5 nitrogen and oxygen atoms in total. The number of rotatable bonds is 6. The molecule has 5 heteroatoms. The van der Waals surface area contributed by atoms with Crippen molar-refractivity contribution >= 4 is 5.91 Å². The molecule has 2 aromatic rings. The zero-order chi connectivity index (χ0) is 18.6. The Kier molecular flexibility index (Phi) is 5.69. The predicted molar refractivity (Wildman–Crippen MR) is 101 cm³/mol. The SMILES string of the molecule is Cc1cccc(CN2CCC[C@](O)(CNCc3ccncc3C)C2=O)c1. The monoisotopic (exact) mass is 353 g/mol. The van der Waals surface area contributed by atoms with Gasteiger partial charge in [-0.05, 0) is 49.4 Å². The molecule has 1 aromatic carbocycles. The fraction of sp³-hybridized carbons (Fsp3) is 0.429. The Balaban J connectivity index is 1.61. The first kappa shape index (κ1) is 18.5. The molecule has 0 radical (unpaired) electrons. The molecular formula is C21H27N3O2. The first-order valence-electron chi connectivity index (χ1n) is 9.15. The molecule has 1 aliphatic heterocycles. The highest BCUT2D eigenvalue weighted by Crippen LogP contribution is 2.24. The molecule has 1 fully saturated rings. The van der Waals surface area contributed by atoms with Crippen LogP contribution < -0.4 is 5.32 Å². The molecule has 1 aromatic heterocycles. The van der Waals surface area contributed by atoms with E-state index in [2.05, 4.69) is 16.4 Å². The van der Waals surface area contributed by atoms with Crippen molar-refractivity contribution in [2.45, 2.75) is 45.4 Å². The highest BCUT2D eigenvalue weighted by molar-refractivity contribution is 5.86. The zero-order valence-corrected chi connectivity index (χ0v) is 15.5. The normalized spacial score (nSPS) is 20.4. The summed E-state index contributed by atoms with van der Waals surface area (Å²) in [7, 11) is 0. The summed E-state index contributed by atoms with van der Waals surface area (Å²) >= 11 is 0. The van der Waals surface area contributed by atoms with Crippen LogP contribution in [-0.4, -0.2) is 39.6 Å². The molecule has 0 saturated carbocycles. The number of nitrogens with one attached hydrogen (secondary N) is 1. The summed E-state index contributed by atoms with van der Waals surface area (Å²) in [4.78, 5) is 18.7. The van der Waals surface area contributed by atoms with E-state index in [4.69, 9.17) is 0 Å². The third kappa shape index (κ3) is 4.29. The fourth-order valence-corrected chi connectivity index (χ4v) is 3.52. The summed E-state index contributed by atoms with van der Waals surface area (Å²) in [6, 6.07) is 10.1. The van der Waals surface area contributed by atoms with Gasteiger partial charge < -0.3 is 15.3 Å². The Morgan fingerprint density at radius 2 is 2.15 bits per heavy atom. The van der Waals surface area contributed by atoms with Gasteiger partial charge in [-0.3, -0.25) is 9.78 Å². The Hall–Kier alpha value is -2.24. The number of benzene rings is 1. The number of aromatic nitrogens is 1. The van der Waals surface area contributed by atoms with E-state index in [9.17, 15) is 9.90 Å². The van der Waals surface area contributed by atoms with Crippen LogP contribution in [0.3, 0.4) is 0 Å². The van der Waals surface area contributed by atoms with Gasteiger partial charge in [0, 0.05) is 38.6 Å². The number of aliphatic hydroxyl groups is 1. The fourth-order valence-electron chi connectivity index (χ4n) is 3.52. The number of likely N-dealkylation sites (tertiary alicyclic amines) is 1. The number of aryl methyl sites for hydroxylation is 2. The van der Waals surface area contributed by atoms with E-state index in [1.165, 1.54) is 5.56 Å². The summed E-state index contributed by atoms with van der Waals surface area (Å²) in [5.41, 5.74) is 3.18. The van der Waals surface area contributed by atoms with Gasteiger partial charge in [0.1, 0.15) is 0 Å². The maximum absolute atomic E-state index is 12.9. The lowest BCUT2D eigenvalue weighted by atomic mass is 9.91. The average Bonchev–Trinajstić information content (AvgIpc) is 2.61. The predicted octanol–water partition coefficient (Wildman–Crippen LogP) is 2.34. The number of piperidine rings is 1. The molecule has 1 saturated heterocycles. The minimum atomic E-state index is -1.33. The molecule has 2 N–H and O–H groups in total. The van der Waals surface area contributed by atoms with Gasteiger partial charge in [-0.2, -0.15) is 0 Å². The number of carbonyl (C=O) groups is 1. The molecule has 1 atom stereocenters. The number of carbonyl (C=O) groups excluding carboxylic acids is 1. The van der Waals surface area contributed by atoms with Crippen LogP contribution in [0.1, 0.15) is 35.1 Å². The third-order valence-corrected chi connectivity index (χ3v) is 5.03. The first-order chi connectivity index (χ1) is 12.5. The maximum atomic E-state index is 12.9. The van der Waals surface area contributed by atoms with Gasteiger partial charge in [-0.25, -0.2) is 0 Å². The Morgan fingerprint density at radius 3 is 2.92 bits per heavy atom. The lowest BCUT2D eigenvalue weighted by molar-refractivity contribution is -0.157. The van der Waals surface area contributed by atoms with Gasteiger partial charge in [-0.1, -0.05) is 29.8 Å². The standard InChI is InChI=1S/C21H27N3O2/c1-16-5-3-6-18(11-16)14-24-10-4-8-21(26,20(24)25)15-23-13-19-7-9-22-12-17(19)2/h3,5-7,9,11-12,23,26H,4,8,10,13-15H2,1-2H3/t21-/m0/s1. The molecule has 1 aliphatic rings. The maximum Gasteiger partial charge on any atom is 0.256 e. The molecule has 2 heterocycles. The highest BCUT2D eigenvalue weighted by atomic mass is 16.3. The van der Waals surface area contributed by atoms with Crippen LogP contribution in [0, 0.1) is 13.8 Å². The molecule has 0 bridgehead atoms. The topological polar surface area (TPSA) is 65.5 Å². The van der Waals surface area contributed by atoms with Crippen LogP contribution in [0.25, 0.3) is 0 Å². The van der Waals surface area contributed by atoms with Gasteiger partial charge in [0.05, 0.1) is 0 Å². The molecule has 0 aliphatic carbocycles. The molecule has 1 amide bonds. The van der Waals surface area contributed by atoms with Crippen molar-refractivity contribution in [3.05, 3.63) is 65.0 Å². The second-order valence-electron chi connectivity index (χ2n) is 7.26. The second-order valence-corrected chi connectivity index (χ2v) is 7.26. The Labute approximate surface area is 155 Å². The van der Waals surface area contributed by atoms with Crippen LogP contribution in [0.15, 0.2) is 42.7 Å². The van der Waals surface area contributed by atoms with Gasteiger partial charge >= 0.3 is 0 Å². The van der Waals surface area contributed by atoms with Gasteiger partial charge in [0.2, 0.25) is 0 Å². The first-order valence-corrected chi connectivity index (χ1v) is 9.15. The molecular weight excluding hydrogens is 326 g/mol. The molecule has 3 rings (SSSR count). The summed E-state index contributed by atoms with van der Waals surface area (Å²) in [5.74, 6) is -0.177. The zero-order valence-electron chi connectivity index (χ0n) is 15.5. The molecule has 26 heavy (non-hydrogen) atoms. The minimum absolute atomic E-state index is 0.177. The number of hydrogen-bond donors (Lipinski definition) is 2. The van der Waals surface area contributed by atoms with Gasteiger partial charge in [0.25, 0.3) is 5.91 Å². The van der Waals surface area contributed by atoms with E-state index in [-0.39, 0.29) is 12.5 Å². The molecule has 0 spiro atoms. The highest BCUT2D eigenvalue weighted by Gasteiger charge is 2.41. The smallest absolute Gasteiger partial charge is 0.256 e. The van der Waals surface area contributed by atoms with Crippen molar-refractivity contribution in [1.82, 2.24) is 15.2 Å². The largest absolute Gasteiger partial charge is 0.379 e. The average molecular weight is 353 g/mol. The number of pyridine rings is 1. The lowest BCUT2D eigenvalue weighted by Gasteiger charge is -2.38. The van der Waals surface area contributed by atoms with E-state index < -0.39 is 5.60 Å². The summed E-state index contributed by atoms with van der Waals surface area (Å²) in [6.45, 7) is 6.17.